The second-order valence-electron chi connectivity index (χ2n) is 36.2. The smallest absolute Gasteiger partial charge is 0.243 e. The molecule has 14 atom stereocenters. The molecule has 0 saturated heterocycles. The predicted octanol–water partition coefficient (Wildman–Crippen LogP) is 1.42. The Balaban J connectivity index is 7.41. The summed E-state index contributed by atoms with van der Waals surface area (Å²) in [5.74, 6) is -11.7. The zero-order chi connectivity index (χ0) is 92.9. The predicted molar refractivity (Wildman–Crippen MR) is 475 cm³/mol. The van der Waals surface area contributed by atoms with Crippen molar-refractivity contribution in [3.63, 3.8) is 0 Å². The molecular formula is C86H165N21O15. The maximum absolute atomic E-state index is 14.9. The summed E-state index contributed by atoms with van der Waals surface area (Å²) < 4.78 is 0. The summed E-state index contributed by atoms with van der Waals surface area (Å²) in [5.41, 5.74) is 40.9. The molecule has 0 radical (unpaired) electrons. The van der Waals surface area contributed by atoms with Gasteiger partial charge < -0.3 is 115 Å². The molecule has 36 heteroatoms. The third kappa shape index (κ3) is 49.9. The molecule has 0 bridgehead atoms. The van der Waals surface area contributed by atoms with E-state index in [1.807, 2.05) is 111 Å². The largest absolute Gasteiger partial charge is 0.368 e. The monoisotopic (exact) mass is 1730 g/mol. The standard InChI is InChI=1S/C86H165N21O15/c1-50(2)42-65(73(93)109)101-76(112)61(32-20-26-38-89)99-82(118)68(45-53(7)8)106-84(120)70(47-55(11)12)103-78(114)63(34-22-28-40-91)96-75(111)60(31-19-25-37-88)98-81(117)67(44-52(5)6)105-86(122)72(49-57(15)16)104-79(115)64(35-23-29-41-92)100-83(119)69(46-54(9)10)107-85(121)71(48-56(13)14)102-77(113)62(33-21-27-39-90)95-74(110)59(30-18-24-36-87)97-80(116)66(43-51(3)4)94-58(17)108/h50-57,59-72H,18-49,87-92H2,1-17H3,(H2,93,109)(H,94,108)(H,95,110)(H,96,111)(H,97,116)(H,98,117)(H,99,118)(H,100,119)(H,101,112)(H,102,113)(H,103,114)(H,104,115)(H,105,122)(H,106,120)(H,107,121)/t59-,60-,61-,62-,63-,64-,65-,66-,67-,68-,69-,70-,71-,72-/m0/s1. The summed E-state index contributed by atoms with van der Waals surface area (Å²) in [6.45, 7) is 32.5. The molecule has 122 heavy (non-hydrogen) atoms. The van der Waals surface area contributed by atoms with Crippen molar-refractivity contribution in [1.29, 1.82) is 0 Å². The molecule has 0 unspecified atom stereocenters. The average Bonchev–Trinajstić information content (AvgIpc) is 0.854. The lowest BCUT2D eigenvalue weighted by molar-refractivity contribution is -0.137. The van der Waals surface area contributed by atoms with Gasteiger partial charge in [-0.3, -0.25) is 71.9 Å². The van der Waals surface area contributed by atoms with Crippen molar-refractivity contribution in [3.8, 4) is 0 Å². The van der Waals surface area contributed by atoms with Gasteiger partial charge >= 0.3 is 0 Å². The number of hydrogen-bond donors (Lipinski definition) is 21. The van der Waals surface area contributed by atoms with Crippen LogP contribution < -0.4 is 115 Å². The van der Waals surface area contributed by atoms with Crippen LogP contribution in [0, 0.1) is 47.3 Å². The quantitative estimate of drug-likeness (QED) is 0.0383. The molecule has 0 aromatic heterocycles. The highest BCUT2D eigenvalue weighted by Crippen LogP contribution is 2.19. The molecule has 0 fully saturated rings. The molecule has 0 heterocycles. The van der Waals surface area contributed by atoms with Crippen molar-refractivity contribution < 1.29 is 71.9 Å². The van der Waals surface area contributed by atoms with E-state index in [9.17, 15) is 71.9 Å². The van der Waals surface area contributed by atoms with E-state index in [1.165, 1.54) is 6.92 Å². The summed E-state index contributed by atoms with van der Waals surface area (Å²) in [5, 5.41) is 39.2. The minimum absolute atomic E-state index is 0.00298. The number of nitrogens with one attached hydrogen (secondary N) is 14. The van der Waals surface area contributed by atoms with Crippen LogP contribution in [0.3, 0.4) is 0 Å². The summed E-state index contributed by atoms with van der Waals surface area (Å²) in [6, 6.07) is -16.9. The first kappa shape index (κ1) is 114. The zero-order valence-corrected chi connectivity index (χ0v) is 77.0. The van der Waals surface area contributed by atoms with Crippen LogP contribution in [0.4, 0.5) is 0 Å². The second kappa shape index (κ2) is 63.7. The Morgan fingerprint density at radius 1 is 0.180 bits per heavy atom. The van der Waals surface area contributed by atoms with Gasteiger partial charge in [0.1, 0.15) is 84.6 Å². The SMILES string of the molecule is CC(=O)N[C@@H](CC(C)C)C(=O)N[C@@H](CCCCN)C(=O)N[C@@H](CCCCN)C(=O)N[C@@H](CC(C)C)C(=O)N[C@@H](CC(C)C)C(=O)N[C@@H](CCCCN)C(=O)N[C@@H](CC(C)C)C(=O)N[C@@H](CC(C)C)C(=O)N[C@@H](CCCCN)C(=O)N[C@@H](CCCCN)C(=O)N[C@@H](CC(C)C)C(=O)N[C@@H](CC(C)C)C(=O)N[C@@H](CCCCN)C(=O)N[C@@H](CC(C)C)C(N)=O. The number of primary amides is 1. The highest BCUT2D eigenvalue weighted by molar-refractivity contribution is 6.00. The molecule has 0 aliphatic heterocycles. The van der Waals surface area contributed by atoms with Crippen LogP contribution in [0.1, 0.15) is 285 Å². The molecule has 0 aromatic carbocycles. The number of unbranched alkanes of at least 4 members (excludes halogenated alkanes) is 6. The number of amides is 15. The molecule has 28 N–H and O–H groups in total. The molecule has 0 spiro atoms. The Morgan fingerprint density at radius 2 is 0.295 bits per heavy atom. The Morgan fingerprint density at radius 3 is 0.418 bits per heavy atom. The fraction of sp³-hybridized carbons (Fsp3) is 0.826. The van der Waals surface area contributed by atoms with Gasteiger partial charge in [-0.05, 0) is 254 Å². The van der Waals surface area contributed by atoms with Crippen LogP contribution >= 0.6 is 0 Å². The first-order valence-corrected chi connectivity index (χ1v) is 45.1. The Hall–Kier alpha value is -8.19. The van der Waals surface area contributed by atoms with Crippen LogP contribution in [0.25, 0.3) is 0 Å². The van der Waals surface area contributed by atoms with Crippen molar-refractivity contribution in [2.45, 2.75) is 369 Å². The lowest BCUT2D eigenvalue weighted by Crippen LogP contribution is -2.61. The molecule has 0 aliphatic rings. The van der Waals surface area contributed by atoms with Crippen LogP contribution in [0.15, 0.2) is 0 Å². The topological polar surface area (TPSA) is 607 Å². The van der Waals surface area contributed by atoms with E-state index in [2.05, 4.69) is 74.4 Å². The Labute approximate surface area is 727 Å². The lowest BCUT2D eigenvalue weighted by Gasteiger charge is -2.30. The highest BCUT2D eigenvalue weighted by atomic mass is 16.2. The molecule has 15 amide bonds. The number of rotatable bonds is 68. The van der Waals surface area contributed by atoms with Gasteiger partial charge in [0, 0.05) is 6.92 Å². The van der Waals surface area contributed by atoms with Crippen LogP contribution in [-0.4, -0.2) is 212 Å². The fourth-order valence-electron chi connectivity index (χ4n) is 14.0. The third-order valence-corrected chi connectivity index (χ3v) is 20.3. The first-order chi connectivity index (χ1) is 57.4. The van der Waals surface area contributed by atoms with Gasteiger partial charge in [0.15, 0.2) is 0 Å². The molecule has 0 saturated carbocycles. The third-order valence-electron chi connectivity index (χ3n) is 20.3. The average molecular weight is 1730 g/mol. The van der Waals surface area contributed by atoms with E-state index in [1.54, 1.807) is 0 Å². The molecule has 0 rings (SSSR count). The van der Waals surface area contributed by atoms with E-state index in [-0.39, 0.29) is 163 Å². The number of carbonyl (C=O) groups excluding carboxylic acids is 15. The Kier molecular flexibility index (Phi) is 59.4. The van der Waals surface area contributed by atoms with Crippen molar-refractivity contribution >= 4 is 88.6 Å². The fourth-order valence-corrected chi connectivity index (χ4v) is 14.0. The van der Waals surface area contributed by atoms with Crippen LogP contribution in [0.5, 0.6) is 0 Å². The maximum Gasteiger partial charge on any atom is 0.243 e. The van der Waals surface area contributed by atoms with E-state index >= 15 is 0 Å². The van der Waals surface area contributed by atoms with Gasteiger partial charge in [-0.1, -0.05) is 111 Å². The van der Waals surface area contributed by atoms with Gasteiger partial charge in [0.05, 0.1) is 0 Å². The summed E-state index contributed by atoms with van der Waals surface area (Å²) in [7, 11) is 0. The normalized spacial score (nSPS) is 15.1. The van der Waals surface area contributed by atoms with E-state index in [4.69, 9.17) is 40.1 Å². The lowest BCUT2D eigenvalue weighted by atomic mass is 9.98. The number of carbonyl (C=O) groups is 15. The van der Waals surface area contributed by atoms with Gasteiger partial charge in [-0.2, -0.15) is 0 Å². The molecule has 36 nitrogen and oxygen atoms in total. The van der Waals surface area contributed by atoms with Crippen molar-refractivity contribution in [1.82, 2.24) is 74.4 Å². The molecular weight excluding hydrogens is 1570 g/mol. The van der Waals surface area contributed by atoms with Gasteiger partial charge in [0.2, 0.25) is 88.6 Å². The van der Waals surface area contributed by atoms with Gasteiger partial charge in [-0.15, -0.1) is 0 Å². The first-order valence-electron chi connectivity index (χ1n) is 45.1. The zero-order valence-electron chi connectivity index (χ0n) is 77.0. The van der Waals surface area contributed by atoms with E-state index in [0.717, 1.165) is 0 Å². The Bertz CT molecular complexity index is 3160. The number of hydrogen-bond acceptors (Lipinski definition) is 21. The van der Waals surface area contributed by atoms with Crippen LogP contribution in [-0.2, 0) is 71.9 Å². The van der Waals surface area contributed by atoms with Gasteiger partial charge in [-0.25, -0.2) is 0 Å². The molecule has 704 valence electrons. The molecule has 0 aromatic rings. The van der Waals surface area contributed by atoms with E-state index in [0.29, 0.717) is 90.1 Å². The second-order valence-corrected chi connectivity index (χ2v) is 36.2. The highest BCUT2D eigenvalue weighted by Gasteiger charge is 2.39. The minimum atomic E-state index is -1.31. The van der Waals surface area contributed by atoms with Crippen LogP contribution in [0.2, 0.25) is 0 Å². The van der Waals surface area contributed by atoms with E-state index < -0.39 is 173 Å². The van der Waals surface area contributed by atoms with Crippen molar-refractivity contribution in [2.75, 3.05) is 39.3 Å². The summed E-state index contributed by atoms with van der Waals surface area (Å²) >= 11 is 0. The maximum atomic E-state index is 14.9. The molecule has 0 aliphatic carbocycles. The summed E-state index contributed by atoms with van der Waals surface area (Å²) in [6.07, 6.45) is 6.76. The number of nitrogens with two attached hydrogens (primary N) is 7. The summed E-state index contributed by atoms with van der Waals surface area (Å²) in [4.78, 5) is 214. The minimum Gasteiger partial charge on any atom is -0.368 e. The van der Waals surface area contributed by atoms with Gasteiger partial charge in [0.25, 0.3) is 0 Å². The van der Waals surface area contributed by atoms with Crippen molar-refractivity contribution in [2.24, 2.45) is 87.5 Å². The van der Waals surface area contributed by atoms with Crippen molar-refractivity contribution in [3.05, 3.63) is 0 Å².